The topological polar surface area (TPSA) is 37.6 Å². The molecule has 0 aromatic carbocycles. The van der Waals surface area contributed by atoms with Gasteiger partial charge in [-0.1, -0.05) is 27.7 Å². The first kappa shape index (κ1) is 18.0. The molecule has 4 nitrogen and oxygen atoms in total. The Morgan fingerprint density at radius 1 is 1.35 bits per heavy atom. The molecule has 0 N–H and O–H groups in total. The monoisotopic (exact) mass is 417 g/mol. The number of pyridine rings is 1. The maximum absolute atomic E-state index is 13.7. The van der Waals surface area contributed by atoms with Gasteiger partial charge in [0, 0.05) is 23.3 Å². The quantitative estimate of drug-likeness (QED) is 0.688. The second-order valence-corrected chi connectivity index (χ2v) is 10.4. The normalized spacial score (nSPS) is 27.3. The van der Waals surface area contributed by atoms with E-state index in [4.69, 9.17) is 4.98 Å². The van der Waals surface area contributed by atoms with Crippen molar-refractivity contribution in [2.75, 3.05) is 6.54 Å². The molecule has 1 aliphatic carbocycles. The van der Waals surface area contributed by atoms with E-state index in [9.17, 15) is 4.79 Å². The van der Waals surface area contributed by atoms with Crippen molar-refractivity contribution in [3.05, 3.63) is 33.7 Å². The summed E-state index contributed by atoms with van der Waals surface area (Å²) < 4.78 is 2.97. The number of likely N-dealkylation sites (tertiary alicyclic amines) is 1. The Bertz CT molecular complexity index is 900. The summed E-state index contributed by atoms with van der Waals surface area (Å²) in [5.41, 5.74) is 4.18. The van der Waals surface area contributed by atoms with Crippen molar-refractivity contribution in [1.82, 2.24) is 14.3 Å². The third kappa shape index (κ3) is 2.79. The number of aryl methyl sites for hydroxylation is 2. The molecule has 26 heavy (non-hydrogen) atoms. The molecule has 1 amide bonds. The summed E-state index contributed by atoms with van der Waals surface area (Å²) >= 11 is 3.58. The third-order valence-corrected chi connectivity index (χ3v) is 6.59. The van der Waals surface area contributed by atoms with Gasteiger partial charge in [0.2, 0.25) is 0 Å². The van der Waals surface area contributed by atoms with Crippen molar-refractivity contribution in [3.8, 4) is 0 Å². The number of carbonyl (C=O) groups excluding carboxylic acids is 1. The highest BCUT2D eigenvalue weighted by Gasteiger charge is 2.51. The van der Waals surface area contributed by atoms with Crippen LogP contribution in [0.5, 0.6) is 0 Å². The van der Waals surface area contributed by atoms with Crippen LogP contribution in [-0.4, -0.2) is 32.8 Å². The summed E-state index contributed by atoms with van der Waals surface area (Å²) in [5, 5.41) is 0. The van der Waals surface area contributed by atoms with Crippen molar-refractivity contribution in [2.24, 2.45) is 10.8 Å². The summed E-state index contributed by atoms with van der Waals surface area (Å²) in [7, 11) is 0. The number of imidazole rings is 1. The molecular weight excluding hydrogens is 390 g/mol. The molecule has 2 aromatic heterocycles. The van der Waals surface area contributed by atoms with Crippen LogP contribution in [0.1, 0.15) is 68.7 Å². The van der Waals surface area contributed by atoms with Crippen molar-refractivity contribution in [3.63, 3.8) is 0 Å². The third-order valence-electron chi connectivity index (χ3n) is 6.16. The van der Waals surface area contributed by atoms with Crippen LogP contribution in [0.15, 0.2) is 16.7 Å². The van der Waals surface area contributed by atoms with Crippen LogP contribution in [0, 0.1) is 17.8 Å². The Balaban J connectivity index is 1.80. The van der Waals surface area contributed by atoms with Gasteiger partial charge >= 0.3 is 0 Å². The standard InChI is InChI=1S/C21H28BrN3O/c1-6-16-17(24-10-14(22)7-13(2)18(24)23-16)19(26)25-12-21(5)9-15(25)8-20(3,4)11-21/h7,10,15H,6,8-9,11-12H2,1-5H3. The molecule has 2 bridgehead atoms. The molecule has 2 aromatic rings. The van der Waals surface area contributed by atoms with Gasteiger partial charge in [-0.25, -0.2) is 4.98 Å². The lowest BCUT2D eigenvalue weighted by molar-refractivity contribution is 0.0700. The number of hydrogen-bond donors (Lipinski definition) is 0. The number of fused-ring (bicyclic) bond motifs is 3. The lowest BCUT2D eigenvalue weighted by Crippen LogP contribution is -2.38. The van der Waals surface area contributed by atoms with Gasteiger partial charge in [0.05, 0.1) is 5.69 Å². The van der Waals surface area contributed by atoms with Crippen LogP contribution in [0.2, 0.25) is 0 Å². The van der Waals surface area contributed by atoms with Gasteiger partial charge < -0.3 is 4.90 Å². The number of hydrogen-bond acceptors (Lipinski definition) is 2. The average Bonchev–Trinajstić information content (AvgIpc) is 3.00. The largest absolute Gasteiger partial charge is 0.334 e. The highest BCUT2D eigenvalue weighted by atomic mass is 79.9. The molecule has 0 radical (unpaired) electrons. The van der Waals surface area contributed by atoms with Crippen LogP contribution in [0.3, 0.4) is 0 Å². The lowest BCUT2D eigenvalue weighted by Gasteiger charge is -2.39. The van der Waals surface area contributed by atoms with Gasteiger partial charge in [-0.3, -0.25) is 9.20 Å². The molecule has 1 saturated carbocycles. The van der Waals surface area contributed by atoms with Crippen molar-refractivity contribution in [2.45, 2.75) is 66.3 Å². The van der Waals surface area contributed by atoms with Gasteiger partial charge in [0.25, 0.3) is 5.91 Å². The van der Waals surface area contributed by atoms with Gasteiger partial charge in [-0.05, 0) is 71.0 Å². The first-order chi connectivity index (χ1) is 12.1. The van der Waals surface area contributed by atoms with E-state index in [0.29, 0.717) is 11.5 Å². The first-order valence-corrected chi connectivity index (χ1v) is 10.4. The summed E-state index contributed by atoms with van der Waals surface area (Å²) in [6, 6.07) is 2.40. The molecule has 4 rings (SSSR count). The molecule has 2 aliphatic rings. The van der Waals surface area contributed by atoms with E-state index in [1.807, 2.05) is 17.5 Å². The van der Waals surface area contributed by atoms with Crippen LogP contribution < -0.4 is 0 Å². The van der Waals surface area contributed by atoms with E-state index < -0.39 is 0 Å². The number of halogens is 1. The number of nitrogens with zero attached hydrogens (tertiary/aromatic N) is 3. The molecule has 2 atom stereocenters. The smallest absolute Gasteiger partial charge is 0.273 e. The molecule has 1 aliphatic heterocycles. The van der Waals surface area contributed by atoms with Gasteiger partial charge in [0.1, 0.15) is 11.3 Å². The lowest BCUT2D eigenvalue weighted by atomic mass is 9.65. The Kier molecular flexibility index (Phi) is 4.03. The highest BCUT2D eigenvalue weighted by Crippen LogP contribution is 2.52. The number of aromatic nitrogens is 2. The van der Waals surface area contributed by atoms with E-state index in [-0.39, 0.29) is 11.3 Å². The van der Waals surface area contributed by atoms with Crippen LogP contribution in [0.4, 0.5) is 0 Å². The fourth-order valence-corrected chi connectivity index (χ4v) is 6.17. The minimum atomic E-state index is 0.151. The minimum absolute atomic E-state index is 0.151. The van der Waals surface area contributed by atoms with Crippen molar-refractivity contribution >= 4 is 27.5 Å². The number of carbonyl (C=O) groups is 1. The molecule has 5 heteroatoms. The average molecular weight is 418 g/mol. The van der Waals surface area contributed by atoms with E-state index in [2.05, 4.69) is 54.6 Å². The Morgan fingerprint density at radius 2 is 2.08 bits per heavy atom. The zero-order chi connectivity index (χ0) is 18.9. The van der Waals surface area contributed by atoms with E-state index in [0.717, 1.165) is 52.9 Å². The number of amides is 1. The first-order valence-electron chi connectivity index (χ1n) is 9.60. The maximum atomic E-state index is 13.7. The summed E-state index contributed by atoms with van der Waals surface area (Å²) in [4.78, 5) is 20.6. The Hall–Kier alpha value is -1.36. The molecule has 140 valence electrons. The fourth-order valence-electron chi connectivity index (χ4n) is 5.62. The van der Waals surface area contributed by atoms with Crippen LogP contribution >= 0.6 is 15.9 Å². The maximum Gasteiger partial charge on any atom is 0.273 e. The second-order valence-electron chi connectivity index (χ2n) is 9.44. The van der Waals surface area contributed by atoms with E-state index in [1.165, 1.54) is 6.42 Å². The van der Waals surface area contributed by atoms with E-state index in [1.54, 1.807) is 0 Å². The van der Waals surface area contributed by atoms with Gasteiger partial charge in [-0.15, -0.1) is 0 Å². The van der Waals surface area contributed by atoms with Gasteiger partial charge in [-0.2, -0.15) is 0 Å². The van der Waals surface area contributed by atoms with Crippen LogP contribution in [-0.2, 0) is 6.42 Å². The highest BCUT2D eigenvalue weighted by molar-refractivity contribution is 9.10. The van der Waals surface area contributed by atoms with Gasteiger partial charge in [0.15, 0.2) is 0 Å². The molecule has 2 fully saturated rings. The number of rotatable bonds is 2. The fraction of sp³-hybridized carbons (Fsp3) is 0.619. The Morgan fingerprint density at radius 3 is 2.77 bits per heavy atom. The predicted molar refractivity (Wildman–Crippen MR) is 108 cm³/mol. The Labute approximate surface area is 164 Å². The zero-order valence-corrected chi connectivity index (χ0v) is 18.0. The SMILES string of the molecule is CCc1nc2c(C)cc(Br)cn2c1C(=O)N1CC2(C)CC1CC(C)(C)C2. The summed E-state index contributed by atoms with van der Waals surface area (Å²) in [6.45, 7) is 12.0. The molecule has 3 heterocycles. The summed E-state index contributed by atoms with van der Waals surface area (Å²) in [6.07, 6.45) is 6.16. The van der Waals surface area contributed by atoms with E-state index >= 15 is 0 Å². The summed E-state index contributed by atoms with van der Waals surface area (Å²) in [5.74, 6) is 0.151. The second kappa shape index (κ2) is 5.82. The molecular formula is C21H28BrN3O. The molecule has 0 spiro atoms. The van der Waals surface area contributed by atoms with Crippen LogP contribution in [0.25, 0.3) is 5.65 Å². The zero-order valence-electron chi connectivity index (χ0n) is 16.4. The van der Waals surface area contributed by atoms with Crippen molar-refractivity contribution < 1.29 is 4.79 Å². The molecule has 1 saturated heterocycles. The minimum Gasteiger partial charge on any atom is -0.334 e. The predicted octanol–water partition coefficient (Wildman–Crippen LogP) is 5.01. The van der Waals surface area contributed by atoms with Crippen molar-refractivity contribution in [1.29, 1.82) is 0 Å². The molecule has 2 unspecified atom stereocenters.